The fourth-order valence-corrected chi connectivity index (χ4v) is 3.12. The van der Waals surface area contributed by atoms with E-state index in [0.29, 0.717) is 0 Å². The Hall–Kier alpha value is -1.04. The van der Waals surface area contributed by atoms with Crippen molar-refractivity contribution in [3.63, 3.8) is 0 Å². The molecule has 3 atom stereocenters. The molecule has 3 unspecified atom stereocenters. The molecule has 2 rings (SSSR count). The van der Waals surface area contributed by atoms with Gasteiger partial charge in [-0.25, -0.2) is 0 Å². The molecule has 1 saturated heterocycles. The van der Waals surface area contributed by atoms with Crippen molar-refractivity contribution in [1.29, 1.82) is 0 Å². The molecule has 22 heavy (non-hydrogen) atoms. The summed E-state index contributed by atoms with van der Waals surface area (Å²) in [7, 11) is 0. The van der Waals surface area contributed by atoms with E-state index in [1.807, 2.05) is 19.2 Å². The average Bonchev–Trinajstić information content (AvgIpc) is 2.55. The van der Waals surface area contributed by atoms with Crippen molar-refractivity contribution in [3.8, 4) is 0 Å². The number of likely N-dealkylation sites (tertiary alicyclic amines) is 1. The number of amides is 1. The van der Waals surface area contributed by atoms with E-state index >= 15 is 0 Å². The topological polar surface area (TPSA) is 52.6 Å². The highest BCUT2D eigenvalue weighted by atomic mass is 32.2. The number of benzene rings is 1. The maximum Gasteiger partial charge on any atom is 0.233 e. The van der Waals surface area contributed by atoms with Gasteiger partial charge >= 0.3 is 0 Å². The molecule has 5 heteroatoms. The zero-order valence-electron chi connectivity index (χ0n) is 13.4. The predicted molar refractivity (Wildman–Crippen MR) is 91.8 cm³/mol. The fourth-order valence-electron chi connectivity index (χ4n) is 2.84. The molecule has 0 bridgehead atoms. The van der Waals surface area contributed by atoms with Gasteiger partial charge in [0.05, 0.1) is 5.25 Å². The van der Waals surface area contributed by atoms with Gasteiger partial charge in [-0.2, -0.15) is 11.8 Å². The number of hydrogen-bond acceptors (Lipinski definition) is 4. The van der Waals surface area contributed by atoms with Gasteiger partial charge in [-0.15, -0.1) is 0 Å². The molecule has 0 aliphatic carbocycles. The first-order chi connectivity index (χ1) is 10.6. The van der Waals surface area contributed by atoms with Crippen LogP contribution in [-0.4, -0.2) is 53.2 Å². The van der Waals surface area contributed by atoms with Crippen molar-refractivity contribution in [1.82, 2.24) is 10.2 Å². The number of nitrogens with zero attached hydrogens (tertiary/aromatic N) is 1. The fraction of sp³-hybridized carbons (Fsp3) is 0.588. The van der Waals surface area contributed by atoms with Gasteiger partial charge in [0.15, 0.2) is 0 Å². The molecule has 2 N–H and O–H groups in total. The van der Waals surface area contributed by atoms with E-state index in [4.69, 9.17) is 0 Å². The van der Waals surface area contributed by atoms with Gasteiger partial charge in [-0.3, -0.25) is 9.69 Å². The molecule has 0 saturated carbocycles. The molecule has 0 spiro atoms. The number of nitrogens with one attached hydrogen (secondary N) is 1. The summed E-state index contributed by atoms with van der Waals surface area (Å²) in [5.74, 6) is 0.225. The lowest BCUT2D eigenvalue weighted by Crippen LogP contribution is -2.54. The molecular weight excluding hydrogens is 296 g/mol. The van der Waals surface area contributed by atoms with Crippen LogP contribution in [0.1, 0.15) is 18.9 Å². The smallest absolute Gasteiger partial charge is 0.233 e. The van der Waals surface area contributed by atoms with Crippen LogP contribution in [0.25, 0.3) is 0 Å². The maximum atomic E-state index is 12.1. The molecule has 122 valence electrons. The van der Waals surface area contributed by atoms with E-state index in [9.17, 15) is 9.90 Å². The summed E-state index contributed by atoms with van der Waals surface area (Å²) in [6.07, 6.45) is 2.86. The summed E-state index contributed by atoms with van der Waals surface area (Å²) in [5.41, 5.74) is 1.28. The molecule has 1 aliphatic heterocycles. The highest BCUT2D eigenvalue weighted by Crippen LogP contribution is 2.20. The Kier molecular flexibility index (Phi) is 6.73. The predicted octanol–water partition coefficient (Wildman–Crippen LogP) is 1.74. The molecule has 1 aliphatic rings. The Bertz CT molecular complexity index is 469. The second-order valence-electron chi connectivity index (χ2n) is 5.95. The SMILES string of the molecule is CSC(C)C(=O)NC1CN(Cc2ccccc2)CCC1CO. The first kappa shape index (κ1) is 17.3. The van der Waals surface area contributed by atoms with Crippen molar-refractivity contribution in [2.45, 2.75) is 31.2 Å². The standard InChI is InChI=1S/C17H26N2O2S/c1-13(22-2)17(21)18-16-11-19(9-8-15(16)12-20)10-14-6-4-3-5-7-14/h3-7,13,15-16,20H,8-12H2,1-2H3,(H,18,21). The van der Waals surface area contributed by atoms with Crippen LogP contribution in [0, 0.1) is 5.92 Å². The molecule has 1 fully saturated rings. The third kappa shape index (κ3) is 4.73. The lowest BCUT2D eigenvalue weighted by Gasteiger charge is -2.38. The molecule has 1 amide bonds. The highest BCUT2D eigenvalue weighted by Gasteiger charge is 2.30. The highest BCUT2D eigenvalue weighted by molar-refractivity contribution is 7.99. The minimum atomic E-state index is -0.0520. The third-order valence-corrected chi connectivity index (χ3v) is 5.30. The first-order valence-corrected chi connectivity index (χ1v) is 9.13. The van der Waals surface area contributed by atoms with Crippen LogP contribution in [0.3, 0.4) is 0 Å². The number of hydrogen-bond donors (Lipinski definition) is 2. The second kappa shape index (κ2) is 8.56. The zero-order valence-corrected chi connectivity index (χ0v) is 14.2. The number of rotatable bonds is 6. The average molecular weight is 322 g/mol. The van der Waals surface area contributed by atoms with E-state index in [-0.39, 0.29) is 29.7 Å². The minimum Gasteiger partial charge on any atom is -0.396 e. The van der Waals surface area contributed by atoms with Crippen molar-refractivity contribution < 1.29 is 9.90 Å². The number of thioether (sulfide) groups is 1. The number of carbonyl (C=O) groups excluding carboxylic acids is 1. The molecule has 0 aromatic heterocycles. The van der Waals surface area contributed by atoms with Crippen molar-refractivity contribution in [2.24, 2.45) is 5.92 Å². The van der Waals surface area contributed by atoms with E-state index in [1.165, 1.54) is 5.56 Å². The van der Waals surface area contributed by atoms with Gasteiger partial charge in [0.2, 0.25) is 5.91 Å². The van der Waals surface area contributed by atoms with Crippen LogP contribution < -0.4 is 5.32 Å². The number of aliphatic hydroxyl groups is 1. The van der Waals surface area contributed by atoms with Crippen molar-refractivity contribution >= 4 is 17.7 Å². The Labute approximate surface area is 137 Å². The molecule has 1 aromatic carbocycles. The number of aliphatic hydroxyl groups excluding tert-OH is 1. The monoisotopic (exact) mass is 322 g/mol. The van der Waals surface area contributed by atoms with Crippen LogP contribution in [0.15, 0.2) is 30.3 Å². The van der Waals surface area contributed by atoms with Crippen LogP contribution >= 0.6 is 11.8 Å². The summed E-state index contributed by atoms with van der Waals surface area (Å²) >= 11 is 1.55. The van der Waals surface area contributed by atoms with E-state index < -0.39 is 0 Å². The molecule has 1 heterocycles. The minimum absolute atomic E-state index is 0.0320. The maximum absolute atomic E-state index is 12.1. The molecule has 0 radical (unpaired) electrons. The van der Waals surface area contributed by atoms with Gasteiger partial charge in [-0.1, -0.05) is 30.3 Å². The summed E-state index contributed by atoms with van der Waals surface area (Å²) in [6, 6.07) is 10.4. The van der Waals surface area contributed by atoms with Crippen LogP contribution in [0.2, 0.25) is 0 Å². The van der Waals surface area contributed by atoms with Gasteiger partial charge in [0.25, 0.3) is 0 Å². The normalized spacial score (nSPS) is 24.0. The Balaban J connectivity index is 1.95. The van der Waals surface area contributed by atoms with Crippen LogP contribution in [0.4, 0.5) is 0 Å². The largest absolute Gasteiger partial charge is 0.396 e. The Morgan fingerprint density at radius 3 is 2.82 bits per heavy atom. The molecule has 4 nitrogen and oxygen atoms in total. The first-order valence-electron chi connectivity index (χ1n) is 7.84. The van der Waals surface area contributed by atoms with E-state index in [0.717, 1.165) is 26.1 Å². The van der Waals surface area contributed by atoms with Crippen LogP contribution in [-0.2, 0) is 11.3 Å². The van der Waals surface area contributed by atoms with Gasteiger partial charge in [0, 0.05) is 31.7 Å². The van der Waals surface area contributed by atoms with Crippen LogP contribution in [0.5, 0.6) is 0 Å². The summed E-state index contributed by atoms with van der Waals surface area (Å²) < 4.78 is 0. The Morgan fingerprint density at radius 1 is 1.45 bits per heavy atom. The van der Waals surface area contributed by atoms with Gasteiger partial charge in [-0.05, 0) is 31.7 Å². The lowest BCUT2D eigenvalue weighted by atomic mass is 9.92. The lowest BCUT2D eigenvalue weighted by molar-refractivity contribution is -0.122. The van der Waals surface area contributed by atoms with Gasteiger partial charge in [0.1, 0.15) is 0 Å². The zero-order chi connectivity index (χ0) is 15.9. The van der Waals surface area contributed by atoms with E-state index in [2.05, 4.69) is 34.5 Å². The summed E-state index contributed by atoms with van der Waals surface area (Å²) in [5, 5.41) is 12.6. The Morgan fingerprint density at radius 2 is 2.18 bits per heavy atom. The number of piperidine rings is 1. The summed E-state index contributed by atoms with van der Waals surface area (Å²) in [6.45, 7) is 4.71. The summed E-state index contributed by atoms with van der Waals surface area (Å²) in [4.78, 5) is 14.5. The second-order valence-corrected chi connectivity index (χ2v) is 7.12. The quantitative estimate of drug-likeness (QED) is 0.838. The van der Waals surface area contributed by atoms with E-state index in [1.54, 1.807) is 11.8 Å². The van der Waals surface area contributed by atoms with Crippen molar-refractivity contribution in [2.75, 3.05) is 26.0 Å². The van der Waals surface area contributed by atoms with Gasteiger partial charge < -0.3 is 10.4 Å². The number of carbonyl (C=O) groups is 1. The molecular formula is C17H26N2O2S. The van der Waals surface area contributed by atoms with Crippen molar-refractivity contribution in [3.05, 3.63) is 35.9 Å². The molecule has 1 aromatic rings. The third-order valence-electron chi connectivity index (χ3n) is 4.37.